The first-order valence-corrected chi connectivity index (χ1v) is 5.85. The van der Waals surface area contributed by atoms with Gasteiger partial charge in [0, 0.05) is 18.8 Å². The van der Waals surface area contributed by atoms with Crippen molar-refractivity contribution in [3.8, 4) is 0 Å². The molecule has 0 amide bonds. The largest absolute Gasteiger partial charge is 0.389 e. The zero-order valence-corrected chi connectivity index (χ0v) is 11.0. The molecular weight excluding hydrogens is 248 g/mol. The average Bonchev–Trinajstić information content (AvgIpc) is 2.76. The molecule has 0 aliphatic rings. The van der Waals surface area contributed by atoms with Crippen molar-refractivity contribution in [3.63, 3.8) is 0 Å². The maximum absolute atomic E-state index is 5.58. The van der Waals surface area contributed by atoms with Crippen molar-refractivity contribution < 1.29 is 0 Å². The van der Waals surface area contributed by atoms with Crippen LogP contribution in [0.3, 0.4) is 0 Å². The van der Waals surface area contributed by atoms with Crippen LogP contribution in [0.5, 0.6) is 0 Å². The fourth-order valence-electron chi connectivity index (χ4n) is 1.63. The van der Waals surface area contributed by atoms with Crippen LogP contribution in [-0.4, -0.2) is 24.7 Å². The van der Waals surface area contributed by atoms with Gasteiger partial charge in [0.15, 0.2) is 5.82 Å². The van der Waals surface area contributed by atoms with Gasteiger partial charge in [-0.2, -0.15) is 0 Å². The Balaban J connectivity index is 2.17. The Hall–Kier alpha value is -2.02. The quantitative estimate of drug-likeness (QED) is 0.801. The van der Waals surface area contributed by atoms with Crippen LogP contribution >= 0.6 is 12.2 Å². The topological polar surface area (TPSA) is 81.7 Å². The molecule has 94 valence electrons. The van der Waals surface area contributed by atoms with Crippen LogP contribution in [0.2, 0.25) is 0 Å². The number of nitrogens with two attached hydrogens (primary N) is 1. The molecule has 0 bridgehead atoms. The van der Waals surface area contributed by atoms with E-state index >= 15 is 0 Å². The van der Waals surface area contributed by atoms with E-state index in [0.29, 0.717) is 10.8 Å². The van der Waals surface area contributed by atoms with Gasteiger partial charge in [-0.25, -0.2) is 4.98 Å². The Morgan fingerprint density at radius 1 is 1.56 bits per heavy atom. The first-order chi connectivity index (χ1) is 8.58. The van der Waals surface area contributed by atoms with E-state index in [1.807, 2.05) is 24.6 Å². The second-order valence-corrected chi connectivity index (χ2v) is 4.40. The summed E-state index contributed by atoms with van der Waals surface area (Å²) in [6.07, 6.45) is 3.33. The lowest BCUT2D eigenvalue weighted by Gasteiger charge is -2.13. The van der Waals surface area contributed by atoms with Gasteiger partial charge in [0.1, 0.15) is 17.1 Å². The third-order valence-electron chi connectivity index (χ3n) is 2.54. The Labute approximate surface area is 110 Å². The first kappa shape index (κ1) is 12.4. The molecule has 0 saturated heterocycles. The van der Waals surface area contributed by atoms with Crippen molar-refractivity contribution in [1.82, 2.24) is 19.7 Å². The monoisotopic (exact) mass is 262 g/mol. The molecule has 0 saturated carbocycles. The predicted molar refractivity (Wildman–Crippen MR) is 73.2 cm³/mol. The molecule has 7 heteroatoms. The summed E-state index contributed by atoms with van der Waals surface area (Å²) in [5.41, 5.74) is 6.37. The van der Waals surface area contributed by atoms with Crippen LogP contribution in [0.15, 0.2) is 24.7 Å². The van der Waals surface area contributed by atoms with E-state index in [1.165, 1.54) is 0 Å². The van der Waals surface area contributed by atoms with Gasteiger partial charge in [0.25, 0.3) is 0 Å². The van der Waals surface area contributed by atoms with E-state index in [0.717, 1.165) is 11.4 Å². The number of anilines is 1. The highest BCUT2D eigenvalue weighted by molar-refractivity contribution is 7.80. The molecular formula is C11H14N6S. The number of hydrogen-bond acceptors (Lipinski definition) is 5. The van der Waals surface area contributed by atoms with E-state index < -0.39 is 0 Å². The van der Waals surface area contributed by atoms with E-state index in [9.17, 15) is 0 Å². The number of pyridine rings is 1. The lowest BCUT2D eigenvalue weighted by Crippen LogP contribution is -2.14. The highest BCUT2D eigenvalue weighted by Gasteiger charge is 2.11. The van der Waals surface area contributed by atoms with E-state index in [1.54, 1.807) is 18.6 Å². The normalized spacial score (nSPS) is 12.1. The van der Waals surface area contributed by atoms with Gasteiger partial charge in [-0.1, -0.05) is 12.2 Å². The summed E-state index contributed by atoms with van der Waals surface area (Å²) in [7, 11) is 1.90. The highest BCUT2D eigenvalue weighted by Crippen LogP contribution is 2.15. The summed E-state index contributed by atoms with van der Waals surface area (Å²) in [5.74, 6) is 1.54. The third kappa shape index (κ3) is 2.62. The summed E-state index contributed by atoms with van der Waals surface area (Å²) in [6.45, 7) is 1.99. The first-order valence-electron chi connectivity index (χ1n) is 5.44. The predicted octanol–water partition coefficient (Wildman–Crippen LogP) is 1.02. The van der Waals surface area contributed by atoms with Gasteiger partial charge in [-0.15, -0.1) is 10.2 Å². The Morgan fingerprint density at radius 2 is 2.33 bits per heavy atom. The van der Waals surface area contributed by atoms with Gasteiger partial charge in [0.05, 0.1) is 6.04 Å². The molecule has 2 heterocycles. The molecule has 18 heavy (non-hydrogen) atoms. The summed E-state index contributed by atoms with van der Waals surface area (Å²) < 4.78 is 1.86. The highest BCUT2D eigenvalue weighted by atomic mass is 32.1. The van der Waals surface area contributed by atoms with Crippen LogP contribution in [0.25, 0.3) is 0 Å². The molecule has 2 rings (SSSR count). The van der Waals surface area contributed by atoms with Crippen molar-refractivity contribution in [2.45, 2.75) is 13.0 Å². The average molecular weight is 262 g/mol. The molecule has 2 aromatic rings. The second kappa shape index (κ2) is 5.09. The van der Waals surface area contributed by atoms with Crippen LogP contribution in [0.4, 0.5) is 5.82 Å². The van der Waals surface area contributed by atoms with Crippen molar-refractivity contribution in [2.75, 3.05) is 5.32 Å². The van der Waals surface area contributed by atoms with Crippen LogP contribution in [0.1, 0.15) is 24.4 Å². The number of aromatic nitrogens is 4. The van der Waals surface area contributed by atoms with Crippen molar-refractivity contribution in [3.05, 3.63) is 36.0 Å². The number of thiocarbonyl (C=S) groups is 1. The zero-order valence-electron chi connectivity index (χ0n) is 10.2. The molecule has 6 nitrogen and oxygen atoms in total. The van der Waals surface area contributed by atoms with Gasteiger partial charge in [0.2, 0.25) is 0 Å². The lowest BCUT2D eigenvalue weighted by atomic mass is 10.2. The molecule has 2 aromatic heterocycles. The maximum Gasteiger partial charge on any atom is 0.154 e. The van der Waals surface area contributed by atoms with Crippen LogP contribution < -0.4 is 11.1 Å². The molecule has 1 unspecified atom stereocenters. The molecule has 0 aromatic carbocycles. The molecule has 0 aliphatic carbocycles. The number of nitrogens with zero attached hydrogens (tertiary/aromatic N) is 4. The second-order valence-electron chi connectivity index (χ2n) is 3.96. The van der Waals surface area contributed by atoms with Crippen LogP contribution in [0, 0.1) is 0 Å². The van der Waals surface area contributed by atoms with Crippen molar-refractivity contribution in [2.24, 2.45) is 12.8 Å². The van der Waals surface area contributed by atoms with E-state index in [4.69, 9.17) is 18.0 Å². The Bertz CT molecular complexity index is 564. The van der Waals surface area contributed by atoms with Crippen LogP contribution in [-0.2, 0) is 7.05 Å². The Kier molecular flexibility index (Phi) is 3.52. The number of rotatable bonds is 4. The van der Waals surface area contributed by atoms with Crippen molar-refractivity contribution in [1.29, 1.82) is 0 Å². The van der Waals surface area contributed by atoms with Gasteiger partial charge in [-0.05, 0) is 19.1 Å². The summed E-state index contributed by atoms with van der Waals surface area (Å²) in [5, 5.41) is 11.1. The summed E-state index contributed by atoms with van der Waals surface area (Å²) in [4.78, 5) is 4.57. The standard InChI is InChI=1S/C11H14N6S/c1-7(11-16-14-6-17(11)2)15-9-5-8(10(12)18)3-4-13-9/h3-7H,1-2H3,(H2,12,18)(H,13,15). The number of hydrogen-bond donors (Lipinski definition) is 2. The molecule has 0 spiro atoms. The smallest absolute Gasteiger partial charge is 0.154 e. The van der Waals surface area contributed by atoms with Gasteiger partial charge >= 0.3 is 0 Å². The molecule has 0 radical (unpaired) electrons. The minimum Gasteiger partial charge on any atom is -0.389 e. The molecule has 0 aliphatic heterocycles. The van der Waals surface area contributed by atoms with Crippen molar-refractivity contribution >= 4 is 23.0 Å². The fraction of sp³-hybridized carbons (Fsp3) is 0.273. The van der Waals surface area contributed by atoms with E-state index in [-0.39, 0.29) is 6.04 Å². The molecule has 3 N–H and O–H groups in total. The Morgan fingerprint density at radius 3 is 2.94 bits per heavy atom. The van der Waals surface area contributed by atoms with E-state index in [2.05, 4.69) is 20.5 Å². The third-order valence-corrected chi connectivity index (χ3v) is 2.78. The summed E-state index contributed by atoms with van der Waals surface area (Å²) >= 11 is 4.93. The van der Waals surface area contributed by atoms with Gasteiger partial charge in [-0.3, -0.25) is 0 Å². The fourth-order valence-corrected chi connectivity index (χ4v) is 1.76. The SMILES string of the molecule is CC(Nc1cc(C(N)=S)ccn1)c1nncn1C. The lowest BCUT2D eigenvalue weighted by molar-refractivity contribution is 0.716. The zero-order chi connectivity index (χ0) is 13.1. The molecule has 1 atom stereocenters. The molecule has 0 fully saturated rings. The van der Waals surface area contributed by atoms with Gasteiger partial charge < -0.3 is 15.6 Å². The maximum atomic E-state index is 5.58. The minimum absolute atomic E-state index is 0.00778. The number of nitrogens with one attached hydrogen (secondary N) is 1. The minimum atomic E-state index is -0.00778. The number of aryl methyl sites for hydroxylation is 1. The summed E-state index contributed by atoms with van der Waals surface area (Å²) in [6, 6.07) is 3.59.